The number of hydrogen-bond acceptors (Lipinski definition) is 3. The first-order valence-electron chi connectivity index (χ1n) is 4.63. The maximum atomic E-state index is 10.9. The summed E-state index contributed by atoms with van der Waals surface area (Å²) in [5, 5.41) is 0. The van der Waals surface area contributed by atoms with Gasteiger partial charge in [-0.05, 0) is 5.92 Å². The molecule has 1 heterocycles. The van der Waals surface area contributed by atoms with E-state index in [1.54, 1.807) is 0 Å². The SMILES string of the molecule is CC(C)Cc1oc(=O)oc1C(C)C. The van der Waals surface area contributed by atoms with Gasteiger partial charge in [-0.15, -0.1) is 0 Å². The van der Waals surface area contributed by atoms with E-state index in [1.165, 1.54) is 0 Å². The smallest absolute Gasteiger partial charge is 0.396 e. The maximum Gasteiger partial charge on any atom is 0.519 e. The summed E-state index contributed by atoms with van der Waals surface area (Å²) in [5.41, 5.74) is 0. The molecule has 0 saturated heterocycles. The number of hydrogen-bond donors (Lipinski definition) is 0. The molecule has 0 aromatic carbocycles. The molecule has 0 aliphatic carbocycles. The van der Waals surface area contributed by atoms with E-state index < -0.39 is 5.82 Å². The molecule has 0 unspecified atom stereocenters. The zero-order chi connectivity index (χ0) is 10.0. The molecule has 0 aliphatic rings. The Balaban J connectivity index is 2.97. The van der Waals surface area contributed by atoms with Crippen molar-refractivity contribution in [3.05, 3.63) is 22.1 Å². The van der Waals surface area contributed by atoms with Crippen molar-refractivity contribution < 1.29 is 8.83 Å². The molecule has 0 radical (unpaired) electrons. The molecule has 0 atom stereocenters. The highest BCUT2D eigenvalue weighted by Gasteiger charge is 2.16. The Morgan fingerprint density at radius 2 is 1.77 bits per heavy atom. The van der Waals surface area contributed by atoms with Crippen molar-refractivity contribution >= 4 is 0 Å². The average molecular weight is 184 g/mol. The van der Waals surface area contributed by atoms with E-state index in [0.29, 0.717) is 17.4 Å². The molecule has 0 fully saturated rings. The van der Waals surface area contributed by atoms with Crippen molar-refractivity contribution in [1.29, 1.82) is 0 Å². The number of rotatable bonds is 3. The van der Waals surface area contributed by atoms with Crippen LogP contribution in [0, 0.1) is 5.92 Å². The second-order valence-corrected chi connectivity index (χ2v) is 3.99. The Kier molecular flexibility index (Phi) is 2.96. The van der Waals surface area contributed by atoms with Crippen molar-refractivity contribution in [2.75, 3.05) is 0 Å². The van der Waals surface area contributed by atoms with Crippen LogP contribution in [0.25, 0.3) is 0 Å². The molecule has 0 amide bonds. The first kappa shape index (κ1) is 10.1. The first-order chi connectivity index (χ1) is 6.00. The third-order valence-electron chi connectivity index (χ3n) is 1.79. The van der Waals surface area contributed by atoms with Crippen molar-refractivity contribution in [2.24, 2.45) is 5.92 Å². The minimum Gasteiger partial charge on any atom is -0.396 e. The van der Waals surface area contributed by atoms with E-state index in [0.717, 1.165) is 6.42 Å². The molecule has 74 valence electrons. The Bertz CT molecular complexity index is 317. The van der Waals surface area contributed by atoms with Crippen LogP contribution in [0.5, 0.6) is 0 Å². The summed E-state index contributed by atoms with van der Waals surface area (Å²) < 4.78 is 9.92. The minimum atomic E-state index is -0.584. The van der Waals surface area contributed by atoms with Gasteiger partial charge >= 0.3 is 5.82 Å². The fourth-order valence-corrected chi connectivity index (χ4v) is 1.27. The van der Waals surface area contributed by atoms with Gasteiger partial charge < -0.3 is 8.83 Å². The van der Waals surface area contributed by atoms with Gasteiger partial charge in [-0.3, -0.25) is 0 Å². The largest absolute Gasteiger partial charge is 0.519 e. The molecule has 1 aromatic heterocycles. The second-order valence-electron chi connectivity index (χ2n) is 3.99. The van der Waals surface area contributed by atoms with E-state index >= 15 is 0 Å². The third kappa shape index (κ3) is 2.47. The summed E-state index contributed by atoms with van der Waals surface area (Å²) in [6.07, 6.45) is 0.763. The van der Waals surface area contributed by atoms with Gasteiger partial charge in [-0.1, -0.05) is 27.7 Å². The van der Waals surface area contributed by atoms with Crippen LogP contribution < -0.4 is 5.82 Å². The monoisotopic (exact) mass is 184 g/mol. The van der Waals surface area contributed by atoms with Crippen LogP contribution in [0.1, 0.15) is 45.1 Å². The van der Waals surface area contributed by atoms with Crippen LogP contribution in [0.3, 0.4) is 0 Å². The normalized spacial score (nSPS) is 11.5. The average Bonchev–Trinajstić information content (AvgIpc) is 2.29. The summed E-state index contributed by atoms with van der Waals surface area (Å²) in [6, 6.07) is 0. The van der Waals surface area contributed by atoms with Gasteiger partial charge in [-0.25, -0.2) is 4.79 Å². The highest BCUT2D eigenvalue weighted by molar-refractivity contribution is 5.08. The van der Waals surface area contributed by atoms with Crippen molar-refractivity contribution in [1.82, 2.24) is 0 Å². The van der Waals surface area contributed by atoms with E-state index in [4.69, 9.17) is 8.83 Å². The zero-order valence-electron chi connectivity index (χ0n) is 8.59. The van der Waals surface area contributed by atoms with Crippen LogP contribution in [0.2, 0.25) is 0 Å². The van der Waals surface area contributed by atoms with E-state index in [-0.39, 0.29) is 5.92 Å². The molecule has 13 heavy (non-hydrogen) atoms. The van der Waals surface area contributed by atoms with Gasteiger partial charge in [0.1, 0.15) is 0 Å². The molecular formula is C10H16O3. The third-order valence-corrected chi connectivity index (χ3v) is 1.79. The van der Waals surface area contributed by atoms with Crippen LogP contribution in [0.15, 0.2) is 13.6 Å². The predicted octanol–water partition coefficient (Wildman–Crippen LogP) is 2.55. The zero-order valence-corrected chi connectivity index (χ0v) is 8.59. The Morgan fingerprint density at radius 3 is 2.23 bits per heavy atom. The van der Waals surface area contributed by atoms with Crippen molar-refractivity contribution in [3.63, 3.8) is 0 Å². The standard InChI is InChI=1S/C10H16O3/c1-6(2)5-8-9(7(3)4)13-10(11)12-8/h6-7H,5H2,1-4H3. The summed E-state index contributed by atoms with van der Waals surface area (Å²) in [7, 11) is 0. The molecule has 1 aromatic rings. The van der Waals surface area contributed by atoms with Crippen LogP contribution in [-0.4, -0.2) is 0 Å². The highest BCUT2D eigenvalue weighted by Crippen LogP contribution is 2.20. The van der Waals surface area contributed by atoms with Crippen LogP contribution in [-0.2, 0) is 6.42 Å². The van der Waals surface area contributed by atoms with Crippen LogP contribution in [0.4, 0.5) is 0 Å². The summed E-state index contributed by atoms with van der Waals surface area (Å²) in [4.78, 5) is 10.9. The first-order valence-corrected chi connectivity index (χ1v) is 4.63. The quantitative estimate of drug-likeness (QED) is 0.725. The van der Waals surface area contributed by atoms with Gasteiger partial charge in [-0.2, -0.15) is 0 Å². The predicted molar refractivity (Wildman–Crippen MR) is 49.9 cm³/mol. The maximum absolute atomic E-state index is 10.9. The molecule has 1 rings (SSSR count). The van der Waals surface area contributed by atoms with Gasteiger partial charge in [0.25, 0.3) is 0 Å². The molecule has 3 heteroatoms. The van der Waals surface area contributed by atoms with Crippen LogP contribution >= 0.6 is 0 Å². The summed E-state index contributed by atoms with van der Waals surface area (Å²) in [5.74, 6) is 1.49. The topological polar surface area (TPSA) is 43.4 Å². The van der Waals surface area contributed by atoms with Crippen molar-refractivity contribution in [3.8, 4) is 0 Å². The Morgan fingerprint density at radius 1 is 1.15 bits per heavy atom. The lowest BCUT2D eigenvalue weighted by atomic mass is 10.0. The lowest BCUT2D eigenvalue weighted by molar-refractivity contribution is 0.358. The summed E-state index contributed by atoms with van der Waals surface area (Å²) in [6.45, 7) is 8.13. The fraction of sp³-hybridized carbons (Fsp3) is 0.700. The van der Waals surface area contributed by atoms with Gasteiger partial charge in [0.2, 0.25) is 0 Å². The fourth-order valence-electron chi connectivity index (χ4n) is 1.27. The Hall–Kier alpha value is -0.990. The molecular weight excluding hydrogens is 168 g/mol. The molecule has 0 aliphatic heterocycles. The van der Waals surface area contributed by atoms with Gasteiger partial charge in [0.05, 0.1) is 0 Å². The minimum absolute atomic E-state index is 0.209. The van der Waals surface area contributed by atoms with Gasteiger partial charge in [0.15, 0.2) is 11.5 Å². The molecule has 0 saturated carbocycles. The second kappa shape index (κ2) is 3.81. The highest BCUT2D eigenvalue weighted by atomic mass is 16.6. The van der Waals surface area contributed by atoms with Crippen molar-refractivity contribution in [2.45, 2.75) is 40.0 Å². The lowest BCUT2D eigenvalue weighted by Gasteiger charge is -2.04. The van der Waals surface area contributed by atoms with E-state index in [2.05, 4.69) is 13.8 Å². The molecule has 3 nitrogen and oxygen atoms in total. The molecule has 0 spiro atoms. The molecule has 0 bridgehead atoms. The van der Waals surface area contributed by atoms with Gasteiger partial charge in [0, 0.05) is 12.3 Å². The Labute approximate surface area is 77.7 Å². The summed E-state index contributed by atoms with van der Waals surface area (Å²) >= 11 is 0. The van der Waals surface area contributed by atoms with E-state index in [9.17, 15) is 4.79 Å². The van der Waals surface area contributed by atoms with E-state index in [1.807, 2.05) is 13.8 Å². The molecule has 0 N–H and O–H groups in total. The lowest BCUT2D eigenvalue weighted by Crippen LogP contribution is -1.97.